The molecule has 1 aromatic carbocycles. The van der Waals surface area contributed by atoms with Gasteiger partial charge in [-0.25, -0.2) is 9.18 Å². The fourth-order valence-electron chi connectivity index (χ4n) is 2.93. The van der Waals surface area contributed by atoms with Crippen LogP contribution in [0.25, 0.3) is 0 Å². The van der Waals surface area contributed by atoms with Crippen LogP contribution in [0.5, 0.6) is 0 Å². The fraction of sp³-hybridized carbons (Fsp3) is 0.333. The average molecular weight is 350 g/mol. The number of ketones is 1. The third kappa shape index (κ3) is 3.08. The van der Waals surface area contributed by atoms with Crippen LogP contribution in [0.3, 0.4) is 0 Å². The summed E-state index contributed by atoms with van der Waals surface area (Å²) in [6.07, 6.45) is 2.23. The van der Waals surface area contributed by atoms with E-state index < -0.39 is 18.4 Å². The van der Waals surface area contributed by atoms with E-state index in [4.69, 9.17) is 16.3 Å². The molecule has 1 fully saturated rings. The summed E-state index contributed by atoms with van der Waals surface area (Å²) in [4.78, 5) is 24.4. The summed E-state index contributed by atoms with van der Waals surface area (Å²) in [6, 6.07) is 6.18. The van der Waals surface area contributed by atoms with Crippen LogP contribution < -0.4 is 0 Å². The summed E-state index contributed by atoms with van der Waals surface area (Å²) in [5.74, 6) is -2.02. The standard InChI is InChI=1S/C18H17ClFNO3/c1-10-8-13(11(2)21(10)12-6-7-12)16(22)9-24-18(23)17-14(19)4-3-5-15(17)20/h3-5,8,12H,6-7,9H2,1-2H3. The number of rotatable bonds is 5. The third-order valence-electron chi connectivity index (χ3n) is 4.20. The van der Waals surface area contributed by atoms with E-state index in [2.05, 4.69) is 4.57 Å². The van der Waals surface area contributed by atoms with E-state index in [1.807, 2.05) is 13.8 Å². The minimum atomic E-state index is -0.942. The molecule has 0 amide bonds. The van der Waals surface area contributed by atoms with Gasteiger partial charge in [0.25, 0.3) is 0 Å². The summed E-state index contributed by atoms with van der Waals surface area (Å²) < 4.78 is 20.8. The maximum atomic E-state index is 13.7. The molecule has 3 rings (SSSR count). The first kappa shape index (κ1) is 16.7. The number of esters is 1. The van der Waals surface area contributed by atoms with Gasteiger partial charge in [-0.3, -0.25) is 4.79 Å². The minimum absolute atomic E-state index is 0.0423. The van der Waals surface area contributed by atoms with E-state index in [0.29, 0.717) is 11.6 Å². The number of aromatic nitrogens is 1. The molecule has 0 aliphatic heterocycles. The van der Waals surface area contributed by atoms with E-state index >= 15 is 0 Å². The zero-order valence-corrected chi connectivity index (χ0v) is 14.2. The largest absolute Gasteiger partial charge is 0.454 e. The SMILES string of the molecule is Cc1cc(C(=O)COC(=O)c2c(F)cccc2Cl)c(C)n1C1CC1. The normalized spacial score (nSPS) is 13.8. The Morgan fingerprint density at radius 2 is 2.04 bits per heavy atom. The van der Waals surface area contributed by atoms with Gasteiger partial charge in [-0.1, -0.05) is 17.7 Å². The van der Waals surface area contributed by atoms with E-state index in [9.17, 15) is 14.0 Å². The Hall–Kier alpha value is -2.14. The molecule has 0 unspecified atom stereocenters. The molecule has 0 spiro atoms. The molecule has 4 nitrogen and oxygen atoms in total. The van der Waals surface area contributed by atoms with Crippen molar-refractivity contribution in [1.82, 2.24) is 4.57 Å². The molecule has 1 saturated carbocycles. The highest BCUT2D eigenvalue weighted by Gasteiger charge is 2.28. The molecule has 0 bridgehead atoms. The number of halogens is 2. The molecule has 6 heteroatoms. The minimum Gasteiger partial charge on any atom is -0.454 e. The van der Waals surface area contributed by atoms with Crippen molar-refractivity contribution in [1.29, 1.82) is 0 Å². The summed E-state index contributed by atoms with van der Waals surface area (Å²) in [6.45, 7) is 3.39. The summed E-state index contributed by atoms with van der Waals surface area (Å²) >= 11 is 5.82. The Balaban J connectivity index is 1.72. The molecule has 1 aliphatic rings. The Morgan fingerprint density at radius 1 is 1.33 bits per heavy atom. The van der Waals surface area contributed by atoms with Gasteiger partial charge in [-0.2, -0.15) is 0 Å². The van der Waals surface area contributed by atoms with Crippen molar-refractivity contribution in [3.63, 3.8) is 0 Å². The first-order valence-corrected chi connectivity index (χ1v) is 8.10. The number of ether oxygens (including phenoxy) is 1. The molecular formula is C18H17ClFNO3. The van der Waals surface area contributed by atoms with Gasteiger partial charge in [0.1, 0.15) is 11.4 Å². The number of hydrogen-bond donors (Lipinski definition) is 0. The molecule has 0 atom stereocenters. The number of carbonyl (C=O) groups is 2. The number of Topliss-reactive ketones (excluding diaryl/α,β-unsaturated/α-hetero) is 1. The molecule has 1 aromatic heterocycles. The van der Waals surface area contributed by atoms with Crippen molar-refractivity contribution in [3.05, 3.63) is 57.6 Å². The fourth-order valence-corrected chi connectivity index (χ4v) is 3.17. The van der Waals surface area contributed by atoms with Crippen molar-refractivity contribution >= 4 is 23.4 Å². The summed E-state index contributed by atoms with van der Waals surface area (Å²) in [5.41, 5.74) is 2.07. The topological polar surface area (TPSA) is 48.3 Å². The molecule has 126 valence electrons. The first-order valence-electron chi connectivity index (χ1n) is 7.73. The van der Waals surface area contributed by atoms with Crippen LogP contribution in [-0.4, -0.2) is 22.9 Å². The summed E-state index contributed by atoms with van der Waals surface area (Å²) in [7, 11) is 0. The van der Waals surface area contributed by atoms with Crippen molar-refractivity contribution in [2.75, 3.05) is 6.61 Å². The second-order valence-corrected chi connectivity index (χ2v) is 6.39. The van der Waals surface area contributed by atoms with Gasteiger partial charge in [0.05, 0.1) is 5.02 Å². The lowest BCUT2D eigenvalue weighted by atomic mass is 10.1. The zero-order chi connectivity index (χ0) is 17.4. The van der Waals surface area contributed by atoms with E-state index in [1.54, 1.807) is 6.07 Å². The lowest BCUT2D eigenvalue weighted by molar-refractivity contribution is 0.0470. The number of aryl methyl sites for hydroxylation is 1. The van der Waals surface area contributed by atoms with Crippen LogP contribution in [0.1, 0.15) is 51.0 Å². The number of nitrogens with zero attached hydrogens (tertiary/aromatic N) is 1. The molecule has 1 aliphatic carbocycles. The predicted molar refractivity (Wildman–Crippen MR) is 88.2 cm³/mol. The second-order valence-electron chi connectivity index (χ2n) is 5.98. The lowest BCUT2D eigenvalue weighted by Gasteiger charge is -2.08. The molecule has 0 saturated heterocycles. The zero-order valence-electron chi connectivity index (χ0n) is 13.4. The van der Waals surface area contributed by atoms with Crippen LogP contribution in [-0.2, 0) is 4.74 Å². The average Bonchev–Trinajstić information content (AvgIpc) is 3.30. The van der Waals surface area contributed by atoms with Gasteiger partial charge < -0.3 is 9.30 Å². The van der Waals surface area contributed by atoms with Crippen LogP contribution in [0, 0.1) is 19.7 Å². The molecule has 24 heavy (non-hydrogen) atoms. The van der Waals surface area contributed by atoms with Crippen LogP contribution in [0.2, 0.25) is 5.02 Å². The quantitative estimate of drug-likeness (QED) is 0.598. The molecule has 0 radical (unpaired) electrons. The van der Waals surface area contributed by atoms with Gasteiger partial charge in [-0.05, 0) is 44.9 Å². The third-order valence-corrected chi connectivity index (χ3v) is 4.51. The van der Waals surface area contributed by atoms with Gasteiger partial charge >= 0.3 is 5.97 Å². The van der Waals surface area contributed by atoms with Gasteiger partial charge in [-0.15, -0.1) is 0 Å². The maximum Gasteiger partial charge on any atom is 0.343 e. The number of carbonyl (C=O) groups excluding carboxylic acids is 2. The monoisotopic (exact) mass is 349 g/mol. The van der Waals surface area contributed by atoms with E-state index in [1.165, 1.54) is 12.1 Å². The van der Waals surface area contributed by atoms with Crippen molar-refractivity contribution in [2.45, 2.75) is 32.7 Å². The maximum absolute atomic E-state index is 13.7. The van der Waals surface area contributed by atoms with Crippen molar-refractivity contribution < 1.29 is 18.7 Å². The first-order chi connectivity index (χ1) is 11.4. The molecule has 0 N–H and O–H groups in total. The van der Waals surface area contributed by atoms with Crippen LogP contribution >= 0.6 is 11.6 Å². The smallest absolute Gasteiger partial charge is 0.343 e. The lowest BCUT2D eigenvalue weighted by Crippen LogP contribution is -2.16. The van der Waals surface area contributed by atoms with E-state index in [-0.39, 0.29) is 16.4 Å². The van der Waals surface area contributed by atoms with Gasteiger partial charge in [0, 0.05) is 23.0 Å². The van der Waals surface area contributed by atoms with Gasteiger partial charge in [0.15, 0.2) is 6.61 Å². The molecule has 1 heterocycles. The van der Waals surface area contributed by atoms with Crippen molar-refractivity contribution in [3.8, 4) is 0 Å². The molecule has 2 aromatic rings. The Labute approximate surface area is 144 Å². The summed E-state index contributed by atoms with van der Waals surface area (Å²) in [5, 5.41) is -0.0423. The predicted octanol–water partition coefficient (Wildman–Crippen LogP) is 4.27. The highest BCUT2D eigenvalue weighted by molar-refractivity contribution is 6.33. The number of hydrogen-bond acceptors (Lipinski definition) is 3. The highest BCUT2D eigenvalue weighted by atomic mass is 35.5. The van der Waals surface area contributed by atoms with E-state index in [0.717, 1.165) is 30.3 Å². The van der Waals surface area contributed by atoms with Crippen LogP contribution in [0.15, 0.2) is 24.3 Å². The second kappa shape index (κ2) is 6.40. The van der Waals surface area contributed by atoms with Crippen LogP contribution in [0.4, 0.5) is 4.39 Å². The Kier molecular flexibility index (Phi) is 4.45. The van der Waals surface area contributed by atoms with Gasteiger partial charge in [0.2, 0.25) is 5.78 Å². The molecular weight excluding hydrogens is 333 g/mol. The van der Waals surface area contributed by atoms with Crippen molar-refractivity contribution in [2.24, 2.45) is 0 Å². The Morgan fingerprint density at radius 3 is 2.67 bits per heavy atom. The Bertz CT molecular complexity index is 804. The highest BCUT2D eigenvalue weighted by Crippen LogP contribution is 2.38. The number of benzene rings is 1.